The van der Waals surface area contributed by atoms with Gasteiger partial charge in [-0.15, -0.1) is 12.4 Å². The van der Waals surface area contributed by atoms with E-state index in [9.17, 15) is 4.79 Å². The number of hydrogen-bond donors (Lipinski definition) is 2. The molecule has 24 heavy (non-hydrogen) atoms. The van der Waals surface area contributed by atoms with Crippen molar-refractivity contribution >= 4 is 18.3 Å². The molecule has 2 aromatic rings. The van der Waals surface area contributed by atoms with Crippen LogP contribution in [0.25, 0.3) is 0 Å². The number of carbonyl (C=O) groups is 1. The molecular formula is C17H23ClN4O2. The summed E-state index contributed by atoms with van der Waals surface area (Å²) in [5.74, 6) is 1.08. The zero-order valence-corrected chi connectivity index (χ0v) is 14.5. The number of benzene rings is 1. The highest BCUT2D eigenvalue weighted by atomic mass is 35.5. The van der Waals surface area contributed by atoms with E-state index in [1.54, 1.807) is 0 Å². The van der Waals surface area contributed by atoms with Gasteiger partial charge in [-0.3, -0.25) is 4.79 Å². The minimum atomic E-state index is -0.264. The van der Waals surface area contributed by atoms with Crippen molar-refractivity contribution in [2.45, 2.75) is 44.7 Å². The van der Waals surface area contributed by atoms with Gasteiger partial charge in [0.1, 0.15) is 0 Å². The lowest BCUT2D eigenvalue weighted by Crippen LogP contribution is -2.47. The number of carbonyl (C=O) groups excluding carboxylic acids is 1. The highest BCUT2D eigenvalue weighted by molar-refractivity contribution is 5.85. The lowest BCUT2D eigenvalue weighted by atomic mass is 10.0. The van der Waals surface area contributed by atoms with Gasteiger partial charge in [-0.1, -0.05) is 41.9 Å². The molecule has 0 spiro atoms. The van der Waals surface area contributed by atoms with Crippen LogP contribution >= 0.6 is 12.4 Å². The van der Waals surface area contributed by atoms with Crippen LogP contribution in [0.3, 0.4) is 0 Å². The first kappa shape index (κ1) is 18.4. The molecule has 0 saturated carbocycles. The molecule has 1 unspecified atom stereocenters. The van der Waals surface area contributed by atoms with E-state index in [0.29, 0.717) is 18.1 Å². The molecule has 0 aliphatic carbocycles. The van der Waals surface area contributed by atoms with Crippen LogP contribution < -0.4 is 10.6 Å². The number of aromatic nitrogens is 2. The Hall–Kier alpha value is -1.92. The van der Waals surface area contributed by atoms with Crippen LogP contribution in [-0.4, -0.2) is 28.6 Å². The van der Waals surface area contributed by atoms with Gasteiger partial charge in [-0.25, -0.2) is 0 Å². The number of amides is 1. The van der Waals surface area contributed by atoms with E-state index in [1.165, 1.54) is 0 Å². The topological polar surface area (TPSA) is 80.0 Å². The minimum absolute atomic E-state index is 0. The molecule has 0 bridgehead atoms. The van der Waals surface area contributed by atoms with E-state index >= 15 is 0 Å². The fourth-order valence-electron chi connectivity index (χ4n) is 2.74. The Bertz CT molecular complexity index is 641. The third-order valence-electron chi connectivity index (χ3n) is 4.05. The number of rotatable bonds is 5. The SMILES string of the molecule is CC(NC(=O)[C@@H]1CCCCN1)c1noc(Cc2ccccc2)n1.Cl. The molecule has 3 rings (SSSR count). The zero-order chi connectivity index (χ0) is 16.1. The minimum Gasteiger partial charge on any atom is -0.345 e. The number of nitrogens with one attached hydrogen (secondary N) is 2. The molecule has 1 aliphatic rings. The van der Waals surface area contributed by atoms with Crippen molar-refractivity contribution in [2.24, 2.45) is 0 Å². The first-order valence-electron chi connectivity index (χ1n) is 8.12. The lowest BCUT2D eigenvalue weighted by molar-refractivity contribution is -0.124. The van der Waals surface area contributed by atoms with Crippen molar-refractivity contribution in [2.75, 3.05) is 6.54 Å². The van der Waals surface area contributed by atoms with Gasteiger partial charge >= 0.3 is 0 Å². The number of nitrogens with zero attached hydrogens (tertiary/aromatic N) is 2. The van der Waals surface area contributed by atoms with Crippen LogP contribution in [-0.2, 0) is 11.2 Å². The number of piperidine rings is 1. The van der Waals surface area contributed by atoms with Crippen molar-refractivity contribution in [3.05, 3.63) is 47.6 Å². The number of hydrogen-bond acceptors (Lipinski definition) is 5. The maximum Gasteiger partial charge on any atom is 0.237 e. The van der Waals surface area contributed by atoms with Crippen molar-refractivity contribution in [3.63, 3.8) is 0 Å². The molecular weight excluding hydrogens is 328 g/mol. The van der Waals surface area contributed by atoms with E-state index in [4.69, 9.17) is 4.52 Å². The molecule has 1 saturated heterocycles. The molecule has 2 heterocycles. The summed E-state index contributed by atoms with van der Waals surface area (Å²) in [6.45, 7) is 2.77. The molecule has 1 amide bonds. The first-order valence-corrected chi connectivity index (χ1v) is 8.12. The molecule has 1 aliphatic heterocycles. The normalized spacial score (nSPS) is 18.5. The molecule has 0 radical (unpaired) electrons. The van der Waals surface area contributed by atoms with Crippen LogP contribution in [0.5, 0.6) is 0 Å². The Labute approximate surface area is 147 Å². The molecule has 7 heteroatoms. The fourth-order valence-corrected chi connectivity index (χ4v) is 2.74. The second-order valence-corrected chi connectivity index (χ2v) is 5.94. The summed E-state index contributed by atoms with van der Waals surface area (Å²) in [5.41, 5.74) is 1.12. The van der Waals surface area contributed by atoms with Crippen molar-refractivity contribution < 1.29 is 9.32 Å². The summed E-state index contributed by atoms with van der Waals surface area (Å²) in [6.07, 6.45) is 3.69. The maximum atomic E-state index is 12.2. The fraction of sp³-hybridized carbons (Fsp3) is 0.471. The molecule has 6 nitrogen and oxygen atoms in total. The standard InChI is InChI=1S/C17H22N4O2.ClH/c1-12(19-17(22)14-9-5-6-10-18-14)16-20-15(23-21-16)11-13-7-3-2-4-8-13;/h2-4,7-8,12,14,18H,5-6,9-11H2,1H3,(H,19,22);1H/t12?,14-;/m0./s1. The van der Waals surface area contributed by atoms with Gasteiger partial charge in [-0.2, -0.15) is 4.98 Å². The quantitative estimate of drug-likeness (QED) is 0.865. The Balaban J connectivity index is 0.00000208. The van der Waals surface area contributed by atoms with Gasteiger partial charge in [0.25, 0.3) is 0 Å². The van der Waals surface area contributed by atoms with Crippen LogP contribution in [0.4, 0.5) is 0 Å². The molecule has 2 atom stereocenters. The monoisotopic (exact) mass is 350 g/mol. The van der Waals surface area contributed by atoms with Gasteiger partial charge in [-0.05, 0) is 31.9 Å². The third kappa shape index (κ3) is 4.79. The first-order chi connectivity index (χ1) is 11.2. The Kier molecular flexibility index (Phi) is 6.75. The van der Waals surface area contributed by atoms with Crippen molar-refractivity contribution in [1.82, 2.24) is 20.8 Å². The van der Waals surface area contributed by atoms with E-state index in [1.807, 2.05) is 37.3 Å². The Morgan fingerprint density at radius 1 is 1.38 bits per heavy atom. The van der Waals surface area contributed by atoms with Gasteiger partial charge in [0, 0.05) is 0 Å². The van der Waals surface area contributed by atoms with Gasteiger partial charge in [0.05, 0.1) is 18.5 Å². The highest BCUT2D eigenvalue weighted by Crippen LogP contribution is 2.13. The molecule has 1 fully saturated rings. The summed E-state index contributed by atoms with van der Waals surface area (Å²) < 4.78 is 5.29. The third-order valence-corrected chi connectivity index (χ3v) is 4.05. The van der Waals surface area contributed by atoms with E-state index in [2.05, 4.69) is 20.8 Å². The highest BCUT2D eigenvalue weighted by Gasteiger charge is 2.23. The van der Waals surface area contributed by atoms with Crippen LogP contribution in [0.1, 0.15) is 49.5 Å². The van der Waals surface area contributed by atoms with E-state index in [-0.39, 0.29) is 30.4 Å². The van der Waals surface area contributed by atoms with E-state index in [0.717, 1.165) is 31.4 Å². The summed E-state index contributed by atoms with van der Waals surface area (Å²) >= 11 is 0. The summed E-state index contributed by atoms with van der Waals surface area (Å²) in [6, 6.07) is 9.59. The zero-order valence-electron chi connectivity index (χ0n) is 13.7. The van der Waals surface area contributed by atoms with Crippen molar-refractivity contribution in [1.29, 1.82) is 0 Å². The predicted octanol–water partition coefficient (Wildman–Crippen LogP) is 2.40. The summed E-state index contributed by atoms with van der Waals surface area (Å²) in [7, 11) is 0. The molecule has 1 aromatic heterocycles. The maximum absolute atomic E-state index is 12.2. The molecule has 130 valence electrons. The van der Waals surface area contributed by atoms with Gasteiger partial charge in [0.15, 0.2) is 5.82 Å². The van der Waals surface area contributed by atoms with Crippen LogP contribution in [0.2, 0.25) is 0 Å². The lowest BCUT2D eigenvalue weighted by Gasteiger charge is -2.23. The Morgan fingerprint density at radius 2 is 2.17 bits per heavy atom. The van der Waals surface area contributed by atoms with Gasteiger partial charge in [0.2, 0.25) is 11.8 Å². The van der Waals surface area contributed by atoms with E-state index < -0.39 is 0 Å². The number of halogens is 1. The van der Waals surface area contributed by atoms with Gasteiger partial charge < -0.3 is 15.2 Å². The average Bonchev–Trinajstić information content (AvgIpc) is 3.05. The largest absolute Gasteiger partial charge is 0.345 e. The second kappa shape index (κ2) is 8.80. The molecule has 1 aromatic carbocycles. The average molecular weight is 351 g/mol. The second-order valence-electron chi connectivity index (χ2n) is 5.94. The van der Waals surface area contributed by atoms with Crippen LogP contribution in [0.15, 0.2) is 34.9 Å². The molecule has 2 N–H and O–H groups in total. The Morgan fingerprint density at radius 3 is 2.88 bits per heavy atom. The smallest absolute Gasteiger partial charge is 0.237 e. The van der Waals surface area contributed by atoms with Crippen molar-refractivity contribution in [3.8, 4) is 0 Å². The summed E-state index contributed by atoms with van der Waals surface area (Å²) in [5, 5.41) is 10.2. The van der Waals surface area contributed by atoms with Crippen LogP contribution in [0, 0.1) is 0 Å². The predicted molar refractivity (Wildman–Crippen MR) is 93.0 cm³/mol. The summed E-state index contributed by atoms with van der Waals surface area (Å²) in [4.78, 5) is 16.6.